The summed E-state index contributed by atoms with van der Waals surface area (Å²) in [5.74, 6) is 0.532. The molecule has 0 saturated heterocycles. The maximum Gasteiger partial charge on any atom is 0.255 e. The molecule has 4 nitrogen and oxygen atoms in total. The highest BCUT2D eigenvalue weighted by atomic mass is 16.1. The van der Waals surface area contributed by atoms with Crippen LogP contribution in [0.1, 0.15) is 34.8 Å². The molecular weight excluding hydrogens is 262 g/mol. The van der Waals surface area contributed by atoms with Gasteiger partial charge in [0.25, 0.3) is 5.91 Å². The molecule has 110 valence electrons. The van der Waals surface area contributed by atoms with Gasteiger partial charge in [-0.25, -0.2) is 4.98 Å². The van der Waals surface area contributed by atoms with Gasteiger partial charge in [-0.3, -0.25) is 4.79 Å². The van der Waals surface area contributed by atoms with Crippen LogP contribution in [0.4, 0.5) is 5.82 Å². The van der Waals surface area contributed by atoms with Gasteiger partial charge in [-0.1, -0.05) is 36.8 Å². The van der Waals surface area contributed by atoms with Crippen molar-refractivity contribution in [2.45, 2.75) is 26.8 Å². The quantitative estimate of drug-likeness (QED) is 0.856. The molecule has 0 aliphatic heterocycles. The van der Waals surface area contributed by atoms with Crippen molar-refractivity contribution in [3.63, 3.8) is 0 Å². The van der Waals surface area contributed by atoms with Gasteiger partial charge in [0.05, 0.1) is 5.56 Å². The van der Waals surface area contributed by atoms with E-state index >= 15 is 0 Å². The van der Waals surface area contributed by atoms with Gasteiger partial charge in [0.1, 0.15) is 5.82 Å². The zero-order valence-electron chi connectivity index (χ0n) is 12.5. The number of nitrogens with one attached hydrogen (secondary N) is 2. The van der Waals surface area contributed by atoms with Gasteiger partial charge in [-0.2, -0.15) is 0 Å². The van der Waals surface area contributed by atoms with Crippen molar-refractivity contribution in [3.8, 4) is 0 Å². The van der Waals surface area contributed by atoms with Crippen molar-refractivity contribution < 1.29 is 4.79 Å². The Morgan fingerprint density at radius 2 is 2.10 bits per heavy atom. The molecule has 0 atom stereocenters. The molecule has 1 aromatic heterocycles. The number of pyridine rings is 1. The second-order valence-corrected chi connectivity index (χ2v) is 5.00. The molecule has 0 spiro atoms. The zero-order valence-corrected chi connectivity index (χ0v) is 12.5. The number of hydrogen-bond donors (Lipinski definition) is 2. The summed E-state index contributed by atoms with van der Waals surface area (Å²) < 4.78 is 0. The number of anilines is 1. The van der Waals surface area contributed by atoms with Crippen LogP contribution in [0.2, 0.25) is 0 Å². The van der Waals surface area contributed by atoms with Crippen LogP contribution in [-0.4, -0.2) is 17.4 Å². The number of benzene rings is 1. The molecular formula is C17H21N3O. The van der Waals surface area contributed by atoms with Crippen molar-refractivity contribution in [3.05, 3.63) is 59.3 Å². The lowest BCUT2D eigenvalue weighted by molar-refractivity contribution is 0.0951. The summed E-state index contributed by atoms with van der Waals surface area (Å²) in [5, 5.41) is 6.12. The lowest BCUT2D eigenvalue weighted by Crippen LogP contribution is -2.24. The molecule has 0 radical (unpaired) electrons. The number of rotatable bonds is 6. The average molecular weight is 283 g/mol. The van der Waals surface area contributed by atoms with Crippen LogP contribution in [0.5, 0.6) is 0 Å². The number of amides is 1. The molecule has 1 aromatic carbocycles. The minimum atomic E-state index is -0.108. The van der Waals surface area contributed by atoms with Gasteiger partial charge in [0.2, 0.25) is 0 Å². The Bertz CT molecular complexity index is 610. The molecule has 0 aliphatic rings. The number of nitrogens with zero attached hydrogens (tertiary/aromatic N) is 1. The maximum atomic E-state index is 12.3. The second-order valence-electron chi connectivity index (χ2n) is 5.00. The van der Waals surface area contributed by atoms with Gasteiger partial charge in [0.15, 0.2) is 0 Å². The summed E-state index contributed by atoms with van der Waals surface area (Å²) >= 11 is 0. The minimum Gasteiger partial charge on any atom is -0.369 e. The molecule has 4 heteroatoms. The first-order valence-electron chi connectivity index (χ1n) is 7.23. The summed E-state index contributed by atoms with van der Waals surface area (Å²) in [5.41, 5.74) is 2.86. The van der Waals surface area contributed by atoms with E-state index in [-0.39, 0.29) is 5.91 Å². The van der Waals surface area contributed by atoms with Crippen molar-refractivity contribution in [1.82, 2.24) is 10.3 Å². The summed E-state index contributed by atoms with van der Waals surface area (Å²) in [4.78, 5) is 16.5. The molecule has 0 fully saturated rings. The van der Waals surface area contributed by atoms with Crippen molar-refractivity contribution >= 4 is 11.7 Å². The third kappa shape index (κ3) is 4.31. The van der Waals surface area contributed by atoms with Gasteiger partial charge in [-0.15, -0.1) is 0 Å². The Hall–Kier alpha value is -2.36. The standard InChI is InChI=1S/C17H21N3O/c1-3-9-18-16-15(8-5-10-19-16)17(21)20-12-14-7-4-6-13(2)11-14/h4-8,10-11H,3,9,12H2,1-2H3,(H,18,19)(H,20,21). The first kappa shape index (κ1) is 15.0. The van der Waals surface area contributed by atoms with E-state index in [1.807, 2.05) is 25.1 Å². The van der Waals surface area contributed by atoms with Gasteiger partial charge >= 0.3 is 0 Å². The zero-order chi connectivity index (χ0) is 15.1. The van der Waals surface area contributed by atoms with E-state index < -0.39 is 0 Å². The molecule has 2 N–H and O–H groups in total. The monoisotopic (exact) mass is 283 g/mol. The summed E-state index contributed by atoms with van der Waals surface area (Å²) in [6, 6.07) is 11.7. The Labute approximate surface area is 125 Å². The Balaban J connectivity index is 2.03. The first-order chi connectivity index (χ1) is 10.2. The molecule has 0 saturated carbocycles. The van der Waals surface area contributed by atoms with Crippen LogP contribution in [0, 0.1) is 6.92 Å². The fraction of sp³-hybridized carbons (Fsp3) is 0.294. The molecule has 0 bridgehead atoms. The van der Waals surface area contributed by atoms with E-state index in [0.717, 1.165) is 18.5 Å². The van der Waals surface area contributed by atoms with Gasteiger partial charge < -0.3 is 10.6 Å². The lowest BCUT2D eigenvalue weighted by atomic mass is 10.1. The van der Waals surface area contributed by atoms with Crippen LogP contribution in [0.15, 0.2) is 42.6 Å². The van der Waals surface area contributed by atoms with Crippen LogP contribution in [0.25, 0.3) is 0 Å². The molecule has 21 heavy (non-hydrogen) atoms. The van der Waals surface area contributed by atoms with E-state index in [9.17, 15) is 4.79 Å². The molecule has 2 rings (SSSR count). The summed E-state index contributed by atoms with van der Waals surface area (Å²) in [6.07, 6.45) is 2.68. The van der Waals surface area contributed by atoms with E-state index in [1.54, 1.807) is 18.3 Å². The predicted molar refractivity (Wildman–Crippen MR) is 85.4 cm³/mol. The first-order valence-corrected chi connectivity index (χ1v) is 7.23. The lowest BCUT2D eigenvalue weighted by Gasteiger charge is -2.10. The molecule has 1 heterocycles. The number of carbonyl (C=O) groups excluding carboxylic acids is 1. The Morgan fingerprint density at radius 1 is 1.24 bits per heavy atom. The summed E-state index contributed by atoms with van der Waals surface area (Å²) in [7, 11) is 0. The van der Waals surface area contributed by atoms with Crippen molar-refractivity contribution in [1.29, 1.82) is 0 Å². The smallest absolute Gasteiger partial charge is 0.255 e. The van der Waals surface area contributed by atoms with Crippen molar-refractivity contribution in [2.75, 3.05) is 11.9 Å². The van der Waals surface area contributed by atoms with Crippen LogP contribution in [-0.2, 0) is 6.54 Å². The minimum absolute atomic E-state index is 0.108. The third-order valence-corrected chi connectivity index (χ3v) is 3.13. The molecule has 0 aliphatic carbocycles. The van der Waals surface area contributed by atoms with Crippen molar-refractivity contribution in [2.24, 2.45) is 0 Å². The van der Waals surface area contributed by atoms with E-state index in [0.29, 0.717) is 17.9 Å². The average Bonchev–Trinajstić information content (AvgIpc) is 2.51. The number of aryl methyl sites for hydroxylation is 1. The highest BCUT2D eigenvalue weighted by Crippen LogP contribution is 2.12. The topological polar surface area (TPSA) is 54.0 Å². The fourth-order valence-corrected chi connectivity index (χ4v) is 2.07. The number of aromatic nitrogens is 1. The van der Waals surface area contributed by atoms with Gasteiger partial charge in [-0.05, 0) is 31.0 Å². The highest BCUT2D eigenvalue weighted by molar-refractivity contribution is 5.98. The number of carbonyl (C=O) groups is 1. The van der Waals surface area contributed by atoms with Gasteiger partial charge in [0, 0.05) is 19.3 Å². The van der Waals surface area contributed by atoms with Crippen LogP contribution in [0.3, 0.4) is 0 Å². The third-order valence-electron chi connectivity index (χ3n) is 3.13. The van der Waals surface area contributed by atoms with Crippen LogP contribution < -0.4 is 10.6 Å². The number of hydrogen-bond acceptors (Lipinski definition) is 3. The Kier molecular flexibility index (Phi) is 5.32. The molecule has 1 amide bonds. The highest BCUT2D eigenvalue weighted by Gasteiger charge is 2.11. The molecule has 0 unspecified atom stereocenters. The second kappa shape index (κ2) is 7.43. The Morgan fingerprint density at radius 3 is 2.86 bits per heavy atom. The summed E-state index contributed by atoms with van der Waals surface area (Å²) in [6.45, 7) is 5.43. The molecule has 2 aromatic rings. The van der Waals surface area contributed by atoms with Crippen LogP contribution >= 0.6 is 0 Å². The van der Waals surface area contributed by atoms with E-state index in [1.165, 1.54) is 5.56 Å². The van der Waals surface area contributed by atoms with E-state index in [4.69, 9.17) is 0 Å². The fourth-order valence-electron chi connectivity index (χ4n) is 2.07. The maximum absolute atomic E-state index is 12.3. The largest absolute Gasteiger partial charge is 0.369 e. The SMILES string of the molecule is CCCNc1ncccc1C(=O)NCc1cccc(C)c1. The van der Waals surface area contributed by atoms with E-state index in [2.05, 4.69) is 28.6 Å². The normalized spacial score (nSPS) is 10.2. The predicted octanol–water partition coefficient (Wildman–Crippen LogP) is 3.14.